The maximum atomic E-state index is 11.3. The van der Waals surface area contributed by atoms with E-state index in [1.54, 1.807) is 7.11 Å². The Morgan fingerprint density at radius 3 is 2.71 bits per heavy atom. The molecule has 1 aromatic carbocycles. The van der Waals surface area contributed by atoms with Crippen molar-refractivity contribution in [1.82, 2.24) is 5.32 Å². The number of benzene rings is 1. The van der Waals surface area contributed by atoms with Gasteiger partial charge in [0.05, 0.1) is 7.11 Å². The molecule has 1 aliphatic carbocycles. The molecule has 0 spiro atoms. The molecule has 1 fully saturated rings. The molecule has 0 aliphatic heterocycles. The minimum absolute atomic E-state index is 0.109. The van der Waals surface area contributed by atoms with E-state index in [0.29, 0.717) is 6.42 Å². The Morgan fingerprint density at radius 1 is 1.41 bits per heavy atom. The van der Waals surface area contributed by atoms with Gasteiger partial charge in [-0.15, -0.1) is 0 Å². The van der Waals surface area contributed by atoms with Gasteiger partial charge in [0.2, 0.25) is 5.91 Å². The summed E-state index contributed by atoms with van der Waals surface area (Å²) in [4.78, 5) is 11.3. The first kappa shape index (κ1) is 12.0. The highest BCUT2D eigenvalue weighted by atomic mass is 16.5. The zero-order valence-corrected chi connectivity index (χ0v) is 10.5. The van der Waals surface area contributed by atoms with Gasteiger partial charge in [0.25, 0.3) is 0 Å². The summed E-state index contributed by atoms with van der Waals surface area (Å²) in [7, 11) is 1.69. The average molecular weight is 233 g/mol. The third-order valence-electron chi connectivity index (χ3n) is 3.48. The number of para-hydroxylation sites is 1. The van der Waals surface area contributed by atoms with Crippen LogP contribution in [-0.4, -0.2) is 19.6 Å². The number of nitrogens with one attached hydrogen (secondary N) is 1. The van der Waals surface area contributed by atoms with Crippen LogP contribution in [0.2, 0.25) is 0 Å². The molecule has 0 saturated heterocycles. The molecule has 17 heavy (non-hydrogen) atoms. The zero-order chi connectivity index (χ0) is 12.3. The highest BCUT2D eigenvalue weighted by Gasteiger charge is 2.46. The molecular weight excluding hydrogens is 214 g/mol. The average Bonchev–Trinajstić information content (AvgIpc) is 3.17. The lowest BCUT2D eigenvalue weighted by molar-refractivity contribution is -0.120. The number of ether oxygens (including phenoxy) is 1. The van der Waals surface area contributed by atoms with Crippen molar-refractivity contribution in [2.24, 2.45) is 0 Å². The van der Waals surface area contributed by atoms with Gasteiger partial charge in [-0.05, 0) is 18.9 Å². The molecule has 3 heteroatoms. The molecule has 3 nitrogen and oxygen atoms in total. The molecular formula is C14H19NO2. The lowest BCUT2D eigenvalue weighted by Gasteiger charge is -2.19. The van der Waals surface area contributed by atoms with Crippen molar-refractivity contribution in [3.05, 3.63) is 29.8 Å². The lowest BCUT2D eigenvalue weighted by Crippen LogP contribution is -2.31. The second kappa shape index (κ2) is 4.78. The zero-order valence-electron chi connectivity index (χ0n) is 10.5. The SMILES string of the molecule is CCC(=O)NCC1(c2ccccc2OC)CC1. The number of hydrogen-bond acceptors (Lipinski definition) is 2. The minimum Gasteiger partial charge on any atom is -0.496 e. The standard InChI is InChI=1S/C14H19NO2/c1-3-13(16)15-10-14(8-9-14)11-6-4-5-7-12(11)17-2/h4-7H,3,8-10H2,1-2H3,(H,15,16). The summed E-state index contributed by atoms with van der Waals surface area (Å²) in [6.45, 7) is 2.60. The van der Waals surface area contributed by atoms with Crippen LogP contribution in [0.5, 0.6) is 5.75 Å². The van der Waals surface area contributed by atoms with Gasteiger partial charge in [-0.25, -0.2) is 0 Å². The number of hydrogen-bond donors (Lipinski definition) is 1. The summed E-state index contributed by atoms with van der Waals surface area (Å²) in [6, 6.07) is 8.09. The predicted molar refractivity (Wildman–Crippen MR) is 67.2 cm³/mol. The van der Waals surface area contributed by atoms with Gasteiger partial charge >= 0.3 is 0 Å². The Kier molecular flexibility index (Phi) is 3.36. The van der Waals surface area contributed by atoms with Crippen LogP contribution in [-0.2, 0) is 10.2 Å². The molecule has 0 bridgehead atoms. The van der Waals surface area contributed by atoms with E-state index in [-0.39, 0.29) is 11.3 Å². The quantitative estimate of drug-likeness (QED) is 0.847. The van der Waals surface area contributed by atoms with Crippen molar-refractivity contribution in [3.63, 3.8) is 0 Å². The lowest BCUT2D eigenvalue weighted by atomic mass is 9.95. The summed E-state index contributed by atoms with van der Waals surface area (Å²) in [5.41, 5.74) is 1.33. The number of carbonyl (C=O) groups is 1. The van der Waals surface area contributed by atoms with Crippen LogP contribution in [0, 0.1) is 0 Å². The fraction of sp³-hybridized carbons (Fsp3) is 0.500. The van der Waals surface area contributed by atoms with Gasteiger partial charge in [-0.2, -0.15) is 0 Å². The minimum atomic E-state index is 0.109. The first-order valence-electron chi connectivity index (χ1n) is 6.12. The predicted octanol–water partition coefficient (Wildman–Crippen LogP) is 2.25. The van der Waals surface area contributed by atoms with Crippen LogP contribution < -0.4 is 10.1 Å². The second-order valence-corrected chi connectivity index (χ2v) is 4.61. The van der Waals surface area contributed by atoms with Gasteiger partial charge in [0.15, 0.2) is 0 Å². The maximum absolute atomic E-state index is 11.3. The van der Waals surface area contributed by atoms with Crippen molar-refractivity contribution in [2.45, 2.75) is 31.6 Å². The molecule has 0 unspecified atom stereocenters. The maximum Gasteiger partial charge on any atom is 0.219 e. The molecule has 0 aromatic heterocycles. The molecule has 1 amide bonds. The van der Waals surface area contributed by atoms with E-state index in [2.05, 4.69) is 11.4 Å². The smallest absolute Gasteiger partial charge is 0.219 e. The fourth-order valence-corrected chi connectivity index (χ4v) is 2.17. The highest BCUT2D eigenvalue weighted by molar-refractivity contribution is 5.75. The van der Waals surface area contributed by atoms with Crippen molar-refractivity contribution in [3.8, 4) is 5.75 Å². The molecule has 1 N–H and O–H groups in total. The van der Waals surface area contributed by atoms with Crippen LogP contribution in [0.3, 0.4) is 0 Å². The Morgan fingerprint density at radius 2 is 2.12 bits per heavy atom. The number of methoxy groups -OCH3 is 1. The highest BCUT2D eigenvalue weighted by Crippen LogP contribution is 2.50. The fourth-order valence-electron chi connectivity index (χ4n) is 2.17. The first-order chi connectivity index (χ1) is 8.22. The van der Waals surface area contributed by atoms with E-state index >= 15 is 0 Å². The van der Waals surface area contributed by atoms with Crippen molar-refractivity contribution < 1.29 is 9.53 Å². The van der Waals surface area contributed by atoms with Gasteiger partial charge in [-0.1, -0.05) is 25.1 Å². The van der Waals surface area contributed by atoms with Gasteiger partial charge in [0.1, 0.15) is 5.75 Å². The topological polar surface area (TPSA) is 38.3 Å². The molecule has 2 rings (SSSR count). The van der Waals surface area contributed by atoms with Crippen LogP contribution in [0.25, 0.3) is 0 Å². The molecule has 1 saturated carbocycles. The number of rotatable bonds is 5. The van der Waals surface area contributed by atoms with E-state index in [1.807, 2.05) is 25.1 Å². The first-order valence-corrected chi connectivity index (χ1v) is 6.12. The van der Waals surface area contributed by atoms with Crippen LogP contribution >= 0.6 is 0 Å². The van der Waals surface area contributed by atoms with E-state index in [0.717, 1.165) is 25.1 Å². The van der Waals surface area contributed by atoms with E-state index in [1.165, 1.54) is 5.56 Å². The van der Waals surface area contributed by atoms with Crippen LogP contribution in [0.4, 0.5) is 0 Å². The van der Waals surface area contributed by atoms with Gasteiger partial charge in [0, 0.05) is 23.9 Å². The molecule has 1 aliphatic rings. The normalized spacial score (nSPS) is 16.4. The Bertz CT molecular complexity index is 410. The van der Waals surface area contributed by atoms with Crippen LogP contribution in [0.15, 0.2) is 24.3 Å². The molecule has 92 valence electrons. The summed E-state index contributed by atoms with van der Waals surface area (Å²) in [5, 5.41) is 2.99. The van der Waals surface area contributed by atoms with Crippen molar-refractivity contribution in [1.29, 1.82) is 0 Å². The molecule has 1 aromatic rings. The van der Waals surface area contributed by atoms with E-state index < -0.39 is 0 Å². The van der Waals surface area contributed by atoms with E-state index in [4.69, 9.17) is 4.74 Å². The third kappa shape index (κ3) is 2.43. The van der Waals surface area contributed by atoms with Gasteiger partial charge in [-0.3, -0.25) is 4.79 Å². The Balaban J connectivity index is 2.12. The summed E-state index contributed by atoms with van der Waals surface area (Å²) in [5.74, 6) is 1.04. The monoisotopic (exact) mass is 233 g/mol. The summed E-state index contributed by atoms with van der Waals surface area (Å²) in [6.07, 6.45) is 2.79. The van der Waals surface area contributed by atoms with Gasteiger partial charge < -0.3 is 10.1 Å². The summed E-state index contributed by atoms with van der Waals surface area (Å²) >= 11 is 0. The number of amides is 1. The molecule has 0 atom stereocenters. The molecule has 0 radical (unpaired) electrons. The Labute approximate surface area is 102 Å². The summed E-state index contributed by atoms with van der Waals surface area (Å²) < 4.78 is 5.39. The van der Waals surface area contributed by atoms with Crippen molar-refractivity contribution >= 4 is 5.91 Å². The number of carbonyl (C=O) groups excluding carboxylic acids is 1. The largest absolute Gasteiger partial charge is 0.496 e. The third-order valence-corrected chi connectivity index (χ3v) is 3.48. The second-order valence-electron chi connectivity index (χ2n) is 4.61. The van der Waals surface area contributed by atoms with E-state index in [9.17, 15) is 4.79 Å². The Hall–Kier alpha value is -1.51. The van der Waals surface area contributed by atoms with Crippen LogP contribution in [0.1, 0.15) is 31.7 Å². The molecule has 0 heterocycles. The van der Waals surface area contributed by atoms with Crippen molar-refractivity contribution in [2.75, 3.05) is 13.7 Å².